The lowest BCUT2D eigenvalue weighted by atomic mass is 9.85. The van der Waals surface area contributed by atoms with Crippen LogP contribution in [0, 0.1) is 0 Å². The Labute approximate surface area is 215 Å². The van der Waals surface area contributed by atoms with Crippen LogP contribution in [0.15, 0.2) is 0 Å². The van der Waals surface area contributed by atoms with Gasteiger partial charge in [-0.2, -0.15) is 0 Å². The molecule has 5 unspecified atom stereocenters. The summed E-state index contributed by atoms with van der Waals surface area (Å²) in [6.07, 6.45) is 21.9. The first-order valence-electron chi connectivity index (χ1n) is 15.5. The number of likely N-dealkylation sites (tertiary alicyclic amines) is 3. The minimum atomic E-state index is 0.359. The van der Waals surface area contributed by atoms with E-state index in [1.54, 1.807) is 0 Å². The van der Waals surface area contributed by atoms with Gasteiger partial charge in [-0.15, -0.1) is 0 Å². The predicted octanol–water partition coefficient (Wildman–Crippen LogP) is 7.14. The molecule has 3 heteroatoms. The molecule has 0 radical (unpaired) electrons. The Balaban J connectivity index is 1.49. The standard InChI is InChI=1S/C31H64N3/c1-28(27-30-21-13-18-26-34(30,7)31(2,3)4)33(6)25-17-12-20-29(33)19-11-8-9-14-22-32(5)23-15-10-16-24-32/h28-30H,8-27H2,1-7H3/q+3. The highest BCUT2D eigenvalue weighted by atomic mass is 15.4. The van der Waals surface area contributed by atoms with Crippen LogP contribution in [0.5, 0.6) is 0 Å². The summed E-state index contributed by atoms with van der Waals surface area (Å²) in [5.41, 5.74) is 0.359. The lowest BCUT2D eigenvalue weighted by Crippen LogP contribution is -2.67. The molecular weight excluding hydrogens is 414 g/mol. The summed E-state index contributed by atoms with van der Waals surface area (Å²) in [5, 5.41) is 0. The molecule has 3 nitrogen and oxygen atoms in total. The number of piperidine rings is 3. The van der Waals surface area contributed by atoms with E-state index in [9.17, 15) is 0 Å². The lowest BCUT2D eigenvalue weighted by molar-refractivity contribution is -0.992. The Kier molecular flexibility index (Phi) is 10.0. The van der Waals surface area contributed by atoms with Gasteiger partial charge in [0.25, 0.3) is 0 Å². The molecule has 0 aromatic carbocycles. The predicted molar refractivity (Wildman–Crippen MR) is 149 cm³/mol. The number of hydrogen-bond acceptors (Lipinski definition) is 0. The van der Waals surface area contributed by atoms with Gasteiger partial charge in [0, 0.05) is 0 Å². The molecule has 3 aliphatic heterocycles. The van der Waals surface area contributed by atoms with Gasteiger partial charge in [-0.05, 0) is 111 Å². The number of rotatable bonds is 10. The number of unbranched alkanes of at least 4 members (excludes halogenated alkanes) is 3. The zero-order chi connectivity index (χ0) is 24.9. The van der Waals surface area contributed by atoms with Crippen molar-refractivity contribution < 1.29 is 13.4 Å². The first kappa shape index (κ1) is 28.5. The summed E-state index contributed by atoms with van der Waals surface area (Å²) >= 11 is 0. The second kappa shape index (κ2) is 12.0. The zero-order valence-electron chi connectivity index (χ0n) is 24.7. The van der Waals surface area contributed by atoms with Gasteiger partial charge in [-0.3, -0.25) is 0 Å². The van der Waals surface area contributed by atoms with E-state index in [-0.39, 0.29) is 0 Å². The highest BCUT2D eigenvalue weighted by Gasteiger charge is 2.48. The molecule has 0 aliphatic carbocycles. The molecule has 3 rings (SSSR count). The summed E-state index contributed by atoms with van der Waals surface area (Å²) in [6, 6.07) is 2.56. The molecule has 34 heavy (non-hydrogen) atoms. The molecule has 0 N–H and O–H groups in total. The molecule has 5 atom stereocenters. The maximum atomic E-state index is 2.65. The average Bonchev–Trinajstić information content (AvgIpc) is 2.78. The maximum absolute atomic E-state index is 2.65. The van der Waals surface area contributed by atoms with Crippen molar-refractivity contribution in [2.75, 3.05) is 53.9 Å². The topological polar surface area (TPSA) is 0 Å². The minimum absolute atomic E-state index is 0.359. The van der Waals surface area contributed by atoms with Gasteiger partial charge in [-0.1, -0.05) is 6.42 Å². The first-order chi connectivity index (χ1) is 16.0. The van der Waals surface area contributed by atoms with E-state index in [2.05, 4.69) is 48.8 Å². The summed E-state index contributed by atoms with van der Waals surface area (Å²) in [5.74, 6) is 0. The molecular formula is C31H64N3+3. The van der Waals surface area contributed by atoms with Crippen molar-refractivity contribution in [2.45, 2.75) is 148 Å². The quantitative estimate of drug-likeness (QED) is 0.231. The molecule has 0 spiro atoms. The fourth-order valence-corrected chi connectivity index (χ4v) is 8.21. The smallest absolute Gasteiger partial charge is 0.0949 e. The molecule has 0 amide bonds. The van der Waals surface area contributed by atoms with Gasteiger partial charge in [0.1, 0.15) is 0 Å². The van der Waals surface area contributed by atoms with E-state index in [1.807, 2.05) is 0 Å². The summed E-state index contributed by atoms with van der Waals surface area (Å²) in [7, 11) is 7.75. The summed E-state index contributed by atoms with van der Waals surface area (Å²) in [6.45, 7) is 17.2. The highest BCUT2D eigenvalue weighted by molar-refractivity contribution is 4.78. The van der Waals surface area contributed by atoms with Crippen LogP contribution < -0.4 is 0 Å². The molecule has 0 bridgehead atoms. The van der Waals surface area contributed by atoms with Crippen LogP contribution >= 0.6 is 0 Å². The normalized spacial score (nSPS) is 35.7. The van der Waals surface area contributed by atoms with Crippen molar-refractivity contribution in [3.05, 3.63) is 0 Å². The van der Waals surface area contributed by atoms with Gasteiger partial charge in [0.15, 0.2) is 0 Å². The van der Waals surface area contributed by atoms with Gasteiger partial charge < -0.3 is 13.4 Å². The second-order valence-electron chi connectivity index (χ2n) is 14.7. The molecule has 0 aromatic rings. The van der Waals surface area contributed by atoms with E-state index in [0.29, 0.717) is 5.54 Å². The Morgan fingerprint density at radius 3 is 1.94 bits per heavy atom. The average molecular weight is 479 g/mol. The SMILES string of the molecule is CC(CC1CCCC[N+]1(C)C(C)(C)C)[N+]1(C)CCCCC1CCCCCC[N+]1(C)CCCCC1. The Hall–Kier alpha value is -0.120. The van der Waals surface area contributed by atoms with Crippen molar-refractivity contribution in [1.29, 1.82) is 0 Å². The number of nitrogens with zero attached hydrogens (tertiary/aromatic N) is 3. The van der Waals surface area contributed by atoms with Gasteiger partial charge in [0.2, 0.25) is 0 Å². The van der Waals surface area contributed by atoms with E-state index < -0.39 is 0 Å². The Morgan fingerprint density at radius 1 is 0.676 bits per heavy atom. The van der Waals surface area contributed by atoms with Crippen molar-refractivity contribution in [3.63, 3.8) is 0 Å². The van der Waals surface area contributed by atoms with Crippen LogP contribution in [0.25, 0.3) is 0 Å². The maximum Gasteiger partial charge on any atom is 0.0949 e. The van der Waals surface area contributed by atoms with Crippen molar-refractivity contribution in [1.82, 2.24) is 0 Å². The Bertz CT molecular complexity index is 604. The zero-order valence-corrected chi connectivity index (χ0v) is 24.7. The molecule has 3 heterocycles. The molecule has 3 aliphatic rings. The molecule has 3 fully saturated rings. The van der Waals surface area contributed by atoms with E-state index >= 15 is 0 Å². The third-order valence-corrected chi connectivity index (χ3v) is 11.5. The molecule has 200 valence electrons. The lowest BCUT2D eigenvalue weighted by Gasteiger charge is -2.56. The van der Waals surface area contributed by atoms with Crippen LogP contribution in [0.4, 0.5) is 0 Å². The van der Waals surface area contributed by atoms with Crippen molar-refractivity contribution in [2.24, 2.45) is 0 Å². The Morgan fingerprint density at radius 2 is 1.26 bits per heavy atom. The van der Waals surface area contributed by atoms with Gasteiger partial charge in [0.05, 0.1) is 84.0 Å². The second-order valence-corrected chi connectivity index (χ2v) is 14.7. The van der Waals surface area contributed by atoms with Gasteiger partial charge >= 0.3 is 0 Å². The monoisotopic (exact) mass is 479 g/mol. The van der Waals surface area contributed by atoms with E-state index in [1.165, 1.54) is 142 Å². The van der Waals surface area contributed by atoms with Crippen molar-refractivity contribution in [3.8, 4) is 0 Å². The van der Waals surface area contributed by atoms with Gasteiger partial charge in [-0.25, -0.2) is 0 Å². The fourth-order valence-electron chi connectivity index (χ4n) is 8.21. The third kappa shape index (κ3) is 6.80. The van der Waals surface area contributed by atoms with Crippen LogP contribution in [0.2, 0.25) is 0 Å². The molecule has 3 saturated heterocycles. The molecule has 0 saturated carbocycles. The fraction of sp³-hybridized carbons (Fsp3) is 1.00. The summed E-state index contributed by atoms with van der Waals surface area (Å²) < 4.78 is 4.03. The van der Waals surface area contributed by atoms with E-state index in [4.69, 9.17) is 0 Å². The summed E-state index contributed by atoms with van der Waals surface area (Å²) in [4.78, 5) is 0. The first-order valence-corrected chi connectivity index (χ1v) is 15.5. The highest BCUT2D eigenvalue weighted by Crippen LogP contribution is 2.39. The van der Waals surface area contributed by atoms with Crippen LogP contribution in [0.3, 0.4) is 0 Å². The largest absolute Gasteiger partial charge is 0.326 e. The molecule has 0 aromatic heterocycles. The van der Waals surface area contributed by atoms with Crippen molar-refractivity contribution >= 4 is 0 Å². The van der Waals surface area contributed by atoms with Crippen LogP contribution in [0.1, 0.15) is 124 Å². The number of hydrogen-bond donors (Lipinski definition) is 0. The van der Waals surface area contributed by atoms with E-state index in [0.717, 1.165) is 18.1 Å². The number of quaternary nitrogens is 3. The van der Waals surface area contributed by atoms with Crippen LogP contribution in [-0.2, 0) is 0 Å². The minimum Gasteiger partial charge on any atom is -0.326 e. The third-order valence-electron chi connectivity index (χ3n) is 11.5. The van der Waals surface area contributed by atoms with Crippen LogP contribution in [-0.4, -0.2) is 91.0 Å².